The molecule has 5 aromatic rings. The van der Waals surface area contributed by atoms with Gasteiger partial charge < -0.3 is 15.7 Å². The van der Waals surface area contributed by atoms with Crippen LogP contribution in [0.1, 0.15) is 30.0 Å². The zero-order valence-electron chi connectivity index (χ0n) is 19.6. The summed E-state index contributed by atoms with van der Waals surface area (Å²) in [6, 6.07) is 18.9. The number of hydrogen-bond donors (Lipinski definition) is 2. The lowest BCUT2D eigenvalue weighted by atomic mass is 9.94. The van der Waals surface area contributed by atoms with E-state index in [4.69, 9.17) is 10.8 Å². The number of fused-ring (bicyclic) bond motifs is 2. The quantitative estimate of drug-likeness (QED) is 0.396. The largest absolute Gasteiger partial charge is 0.395 e. The molecule has 1 fully saturated rings. The van der Waals surface area contributed by atoms with E-state index in [1.54, 1.807) is 0 Å². The van der Waals surface area contributed by atoms with Gasteiger partial charge in [-0.25, -0.2) is 9.50 Å². The first-order valence-electron chi connectivity index (χ1n) is 12.2. The molecule has 4 heterocycles. The number of anilines is 1. The number of β-amino-alcohol motifs (C(OH)–C–C–N with tert-alkyl or cyclic N) is 1. The summed E-state index contributed by atoms with van der Waals surface area (Å²) in [5.74, 6) is 0.790. The number of aliphatic hydroxyl groups excluding tert-OH is 1. The second kappa shape index (κ2) is 9.13. The lowest BCUT2D eigenvalue weighted by Gasteiger charge is -2.32. The molecule has 1 saturated heterocycles. The van der Waals surface area contributed by atoms with Crippen molar-refractivity contribution in [3.05, 3.63) is 78.4 Å². The van der Waals surface area contributed by atoms with Crippen LogP contribution in [0.25, 0.3) is 27.5 Å². The number of rotatable bonds is 6. The molecule has 2 aromatic carbocycles. The van der Waals surface area contributed by atoms with Crippen molar-refractivity contribution in [1.82, 2.24) is 29.3 Å². The third kappa shape index (κ3) is 4.15. The summed E-state index contributed by atoms with van der Waals surface area (Å²) in [6.07, 6.45) is 5.79. The molecule has 6 rings (SSSR count). The SMILES string of the molecule is Nc1ncnn2c(C3CCCN(CCO)C3)cc(-c3ccc4cn(Cc5ccccc5)nc4c3)c12. The van der Waals surface area contributed by atoms with Crippen molar-refractivity contribution in [2.45, 2.75) is 25.3 Å². The molecule has 8 nitrogen and oxygen atoms in total. The van der Waals surface area contributed by atoms with Gasteiger partial charge in [0.2, 0.25) is 0 Å². The Morgan fingerprint density at radius 3 is 2.83 bits per heavy atom. The topological polar surface area (TPSA) is 97.5 Å². The Bertz CT molecular complexity index is 1470. The third-order valence-electron chi connectivity index (χ3n) is 7.00. The van der Waals surface area contributed by atoms with E-state index in [1.165, 1.54) is 11.9 Å². The highest BCUT2D eigenvalue weighted by atomic mass is 16.3. The van der Waals surface area contributed by atoms with Crippen LogP contribution in [-0.2, 0) is 6.54 Å². The molecule has 0 radical (unpaired) electrons. The second-order valence-corrected chi connectivity index (χ2v) is 9.34. The number of aromatic nitrogens is 5. The van der Waals surface area contributed by atoms with Gasteiger partial charge in [0, 0.05) is 41.8 Å². The van der Waals surface area contributed by atoms with E-state index in [0.717, 1.165) is 65.7 Å². The van der Waals surface area contributed by atoms with Crippen LogP contribution in [0.3, 0.4) is 0 Å². The fourth-order valence-corrected chi connectivity index (χ4v) is 5.33. The van der Waals surface area contributed by atoms with Crippen LogP contribution in [0.5, 0.6) is 0 Å². The van der Waals surface area contributed by atoms with Crippen molar-refractivity contribution in [1.29, 1.82) is 0 Å². The first-order valence-corrected chi connectivity index (χ1v) is 12.2. The van der Waals surface area contributed by atoms with E-state index >= 15 is 0 Å². The number of piperidine rings is 1. The third-order valence-corrected chi connectivity index (χ3v) is 7.00. The standard InChI is InChI=1S/C27H29N7O/c28-27-26-23(14-25(34(26)30-18-29-27)22-7-4-10-32(16-22)11-12-35)20-8-9-21-17-33(31-24(21)13-20)15-19-5-2-1-3-6-19/h1-3,5-6,8-9,13-14,17-18,22,35H,4,7,10-12,15-16H2,(H2,28,29,30). The molecule has 0 spiro atoms. The van der Waals surface area contributed by atoms with Gasteiger partial charge in [-0.1, -0.05) is 42.5 Å². The Morgan fingerprint density at radius 2 is 1.97 bits per heavy atom. The zero-order valence-corrected chi connectivity index (χ0v) is 19.6. The van der Waals surface area contributed by atoms with E-state index in [2.05, 4.69) is 57.6 Å². The summed E-state index contributed by atoms with van der Waals surface area (Å²) in [5.41, 5.74) is 12.6. The van der Waals surface area contributed by atoms with Crippen LogP contribution in [0.15, 0.2) is 67.1 Å². The number of aliphatic hydroxyl groups is 1. The number of nitrogens with zero attached hydrogens (tertiary/aromatic N) is 6. The predicted octanol–water partition coefficient (Wildman–Crippen LogP) is 3.55. The maximum Gasteiger partial charge on any atom is 0.151 e. The van der Waals surface area contributed by atoms with E-state index in [0.29, 0.717) is 18.3 Å². The van der Waals surface area contributed by atoms with Gasteiger partial charge in [0.25, 0.3) is 0 Å². The Balaban J connectivity index is 1.39. The lowest BCUT2D eigenvalue weighted by Crippen LogP contribution is -2.36. The van der Waals surface area contributed by atoms with E-state index in [9.17, 15) is 5.11 Å². The molecule has 8 heteroatoms. The van der Waals surface area contributed by atoms with E-state index in [-0.39, 0.29) is 6.61 Å². The summed E-state index contributed by atoms with van der Waals surface area (Å²) in [7, 11) is 0. The first kappa shape index (κ1) is 21.8. The summed E-state index contributed by atoms with van der Waals surface area (Å²) in [4.78, 5) is 6.61. The number of nitrogen functional groups attached to an aromatic ring is 1. The van der Waals surface area contributed by atoms with Gasteiger partial charge in [-0.05, 0) is 42.6 Å². The summed E-state index contributed by atoms with van der Waals surface area (Å²) >= 11 is 0. The van der Waals surface area contributed by atoms with Crippen LogP contribution < -0.4 is 5.73 Å². The van der Waals surface area contributed by atoms with Crippen LogP contribution in [0.4, 0.5) is 5.82 Å². The average Bonchev–Trinajstić information content (AvgIpc) is 3.46. The summed E-state index contributed by atoms with van der Waals surface area (Å²) in [6.45, 7) is 3.54. The minimum atomic E-state index is 0.179. The van der Waals surface area contributed by atoms with Gasteiger partial charge in [-0.3, -0.25) is 4.68 Å². The van der Waals surface area contributed by atoms with Crippen molar-refractivity contribution in [3.8, 4) is 11.1 Å². The monoisotopic (exact) mass is 467 g/mol. The normalized spacial score (nSPS) is 16.9. The highest BCUT2D eigenvalue weighted by Crippen LogP contribution is 2.36. The molecule has 0 saturated carbocycles. The van der Waals surface area contributed by atoms with Crippen molar-refractivity contribution < 1.29 is 5.11 Å². The van der Waals surface area contributed by atoms with Gasteiger partial charge in [-0.2, -0.15) is 10.2 Å². The zero-order chi connectivity index (χ0) is 23.8. The molecular formula is C27H29N7O. The summed E-state index contributed by atoms with van der Waals surface area (Å²) in [5, 5.41) is 19.9. The molecule has 35 heavy (non-hydrogen) atoms. The maximum absolute atomic E-state index is 9.42. The number of benzene rings is 2. The van der Waals surface area contributed by atoms with Crippen LogP contribution in [0, 0.1) is 0 Å². The molecule has 0 amide bonds. The van der Waals surface area contributed by atoms with E-state index < -0.39 is 0 Å². The van der Waals surface area contributed by atoms with Gasteiger partial charge in [0.05, 0.1) is 18.7 Å². The van der Waals surface area contributed by atoms with Crippen LogP contribution >= 0.6 is 0 Å². The van der Waals surface area contributed by atoms with Crippen molar-refractivity contribution in [2.24, 2.45) is 0 Å². The molecule has 178 valence electrons. The second-order valence-electron chi connectivity index (χ2n) is 9.34. The van der Waals surface area contributed by atoms with Crippen molar-refractivity contribution >= 4 is 22.2 Å². The smallest absolute Gasteiger partial charge is 0.151 e. The molecule has 0 aliphatic carbocycles. The highest BCUT2D eigenvalue weighted by Gasteiger charge is 2.26. The number of hydrogen-bond acceptors (Lipinski definition) is 6. The molecule has 3 aromatic heterocycles. The number of likely N-dealkylation sites (tertiary alicyclic amines) is 1. The fourth-order valence-electron chi connectivity index (χ4n) is 5.33. The molecule has 1 unspecified atom stereocenters. The Labute approximate surface area is 203 Å². The Morgan fingerprint density at radius 1 is 1.09 bits per heavy atom. The molecule has 1 atom stereocenters. The molecule has 1 aliphatic rings. The first-order chi connectivity index (χ1) is 17.2. The highest BCUT2D eigenvalue weighted by molar-refractivity contribution is 5.92. The predicted molar refractivity (Wildman–Crippen MR) is 137 cm³/mol. The minimum absolute atomic E-state index is 0.179. The van der Waals surface area contributed by atoms with E-state index in [1.807, 2.05) is 27.4 Å². The van der Waals surface area contributed by atoms with Gasteiger partial charge in [0.15, 0.2) is 5.82 Å². The lowest BCUT2D eigenvalue weighted by molar-refractivity contribution is 0.160. The maximum atomic E-state index is 9.42. The average molecular weight is 468 g/mol. The molecule has 0 bridgehead atoms. The number of nitrogens with two attached hydrogens (primary N) is 1. The van der Waals surface area contributed by atoms with Crippen molar-refractivity contribution in [2.75, 3.05) is 32.0 Å². The van der Waals surface area contributed by atoms with Crippen LogP contribution in [0.2, 0.25) is 0 Å². The van der Waals surface area contributed by atoms with Gasteiger partial charge >= 0.3 is 0 Å². The van der Waals surface area contributed by atoms with Crippen molar-refractivity contribution in [3.63, 3.8) is 0 Å². The summed E-state index contributed by atoms with van der Waals surface area (Å²) < 4.78 is 3.95. The molecule has 3 N–H and O–H groups in total. The Kier molecular flexibility index (Phi) is 5.67. The van der Waals surface area contributed by atoms with Gasteiger partial charge in [0.1, 0.15) is 11.8 Å². The molecular weight excluding hydrogens is 438 g/mol. The Hall–Kier alpha value is -3.75. The fraction of sp³-hybridized carbons (Fsp3) is 0.296. The van der Waals surface area contributed by atoms with Gasteiger partial charge in [-0.15, -0.1) is 0 Å². The molecule has 1 aliphatic heterocycles. The minimum Gasteiger partial charge on any atom is -0.395 e. The van der Waals surface area contributed by atoms with Crippen LogP contribution in [-0.4, -0.2) is 60.6 Å².